The van der Waals surface area contributed by atoms with Crippen molar-refractivity contribution in [3.8, 4) is 0 Å². The molecule has 0 aliphatic rings. The van der Waals surface area contributed by atoms with Crippen molar-refractivity contribution in [3.63, 3.8) is 0 Å². The Labute approximate surface area is 109 Å². The second-order valence-electron chi connectivity index (χ2n) is 8.50. The summed E-state index contributed by atoms with van der Waals surface area (Å²) in [7, 11) is -3.53. The van der Waals surface area contributed by atoms with Crippen molar-refractivity contribution in [2.24, 2.45) is 0 Å². The van der Waals surface area contributed by atoms with E-state index in [2.05, 4.69) is 72.0 Å². The number of rotatable bonds is 4. The van der Waals surface area contributed by atoms with E-state index in [0.29, 0.717) is 0 Å². The third-order valence-corrected chi connectivity index (χ3v) is 37.1. The van der Waals surface area contributed by atoms with Gasteiger partial charge in [0.2, 0.25) is 0 Å². The monoisotopic (exact) mass is 289 g/mol. The fraction of sp³-hybridized carbons (Fsp3) is 1.00. The van der Waals surface area contributed by atoms with Crippen LogP contribution in [0.1, 0.15) is 0 Å². The van der Waals surface area contributed by atoms with Gasteiger partial charge in [-0.15, -0.1) is 0 Å². The molecule has 0 unspecified atom stereocenters. The first-order valence-electron chi connectivity index (χ1n) is 6.50. The minimum Gasteiger partial charge on any atom is -0.0715 e. The van der Waals surface area contributed by atoms with Gasteiger partial charge >= 0.3 is 0 Å². The topological polar surface area (TPSA) is 0 Å². The molecule has 0 saturated heterocycles. The second kappa shape index (κ2) is 4.52. The van der Waals surface area contributed by atoms with Crippen molar-refractivity contribution >= 4 is 33.0 Å². The van der Waals surface area contributed by atoms with Crippen molar-refractivity contribution in [2.75, 3.05) is 0 Å². The summed E-state index contributed by atoms with van der Waals surface area (Å²) in [5.41, 5.74) is 0. The zero-order chi connectivity index (χ0) is 13.6. The first-order valence-corrected chi connectivity index (χ1v) is 19.5. The molecular weight excluding hydrogens is 256 g/mol. The van der Waals surface area contributed by atoms with Crippen LogP contribution >= 0.6 is 0 Å². The second-order valence-corrected chi connectivity index (χ2v) is 30.0. The Kier molecular flexibility index (Phi) is 4.76. The average Bonchev–Trinajstić information content (AvgIpc) is 1.71. The summed E-state index contributed by atoms with van der Waals surface area (Å²) in [5.74, 6) is 0. The Bertz CT molecular complexity index is 201. The summed E-state index contributed by atoms with van der Waals surface area (Å²) >= 11 is 0. The summed E-state index contributed by atoms with van der Waals surface area (Å²) in [4.78, 5) is 0. The molecule has 0 fully saturated rings. The molecule has 4 heteroatoms. The van der Waals surface area contributed by atoms with Crippen LogP contribution in [0.2, 0.25) is 75.9 Å². The van der Waals surface area contributed by atoms with Crippen LogP contribution in [0.3, 0.4) is 0 Å². The van der Waals surface area contributed by atoms with E-state index in [1.807, 2.05) is 0 Å². The van der Waals surface area contributed by atoms with E-state index >= 15 is 0 Å². The van der Waals surface area contributed by atoms with Gasteiger partial charge in [-0.25, -0.2) is 0 Å². The Morgan fingerprint density at radius 2 is 0.750 bits per heavy atom. The Morgan fingerprint density at radius 1 is 0.562 bits per heavy atom. The van der Waals surface area contributed by atoms with Gasteiger partial charge in [-0.05, 0) is 3.91 Å². The number of hydrogen-bond donors (Lipinski definition) is 0. The first-order chi connectivity index (χ1) is 6.69. The van der Waals surface area contributed by atoms with Gasteiger partial charge in [0.25, 0.3) is 0 Å². The largest absolute Gasteiger partial charge is 0.0715 e. The fourth-order valence-corrected chi connectivity index (χ4v) is 50.6. The lowest BCUT2D eigenvalue weighted by atomic mass is 11.6. The molecule has 97 valence electrons. The fourth-order valence-electron chi connectivity index (χ4n) is 5.62. The summed E-state index contributed by atoms with van der Waals surface area (Å²) in [6.45, 7) is 29.0. The molecule has 16 heavy (non-hydrogen) atoms. The van der Waals surface area contributed by atoms with Crippen LogP contribution in [0.15, 0.2) is 0 Å². The lowest BCUT2D eigenvalue weighted by Crippen LogP contribution is -2.70. The number of hydrogen-bond acceptors (Lipinski definition) is 0. The molecule has 0 spiro atoms. The van der Waals surface area contributed by atoms with E-state index in [9.17, 15) is 0 Å². The van der Waals surface area contributed by atoms with E-state index < -0.39 is 24.2 Å². The molecule has 0 atom stereocenters. The highest BCUT2D eigenvalue weighted by Crippen LogP contribution is 2.55. The van der Waals surface area contributed by atoms with Gasteiger partial charge in [0, 0.05) is 33.0 Å². The highest BCUT2D eigenvalue weighted by Gasteiger charge is 2.61. The third-order valence-electron chi connectivity index (χ3n) is 4.12. The van der Waals surface area contributed by atoms with Crippen LogP contribution in [0.5, 0.6) is 0 Å². The van der Waals surface area contributed by atoms with Crippen LogP contribution in [-0.2, 0) is 0 Å². The van der Waals surface area contributed by atoms with Crippen LogP contribution in [0, 0.1) is 0 Å². The van der Waals surface area contributed by atoms with Gasteiger partial charge in [0.15, 0.2) is 0 Å². The molecule has 0 N–H and O–H groups in total. The molecule has 0 aliphatic heterocycles. The van der Waals surface area contributed by atoms with Crippen LogP contribution in [0.25, 0.3) is 0 Å². The molecule has 0 aromatic rings. The van der Waals surface area contributed by atoms with Crippen molar-refractivity contribution in [2.45, 2.75) is 75.9 Å². The standard InChI is InChI=1S/C12H33Si4/c1-13(2)12(14(3,4)5,15(6,7)8)16(9,10)11/h1-11H3. The van der Waals surface area contributed by atoms with Gasteiger partial charge in [-0.3, -0.25) is 0 Å². The van der Waals surface area contributed by atoms with Crippen molar-refractivity contribution in [3.05, 3.63) is 0 Å². The summed E-state index contributed by atoms with van der Waals surface area (Å²) < 4.78 is 0.831. The maximum atomic E-state index is 2.64. The SMILES string of the molecule is C[Si](C)C([Si](C)(C)C)([Si](C)(C)C)[Si](C)(C)C. The van der Waals surface area contributed by atoms with Crippen molar-refractivity contribution in [1.29, 1.82) is 0 Å². The highest BCUT2D eigenvalue weighted by molar-refractivity contribution is 7.25. The molecule has 0 aliphatic carbocycles. The molecule has 0 rings (SSSR count). The Hall–Kier alpha value is 0.868. The molecular formula is C12H33Si4. The minimum atomic E-state index is -1.10. The van der Waals surface area contributed by atoms with Crippen molar-refractivity contribution in [1.82, 2.24) is 0 Å². The van der Waals surface area contributed by atoms with E-state index in [4.69, 9.17) is 0 Å². The first kappa shape index (κ1) is 16.9. The van der Waals surface area contributed by atoms with Gasteiger partial charge in [0.05, 0.1) is 0 Å². The molecule has 0 aromatic heterocycles. The van der Waals surface area contributed by atoms with E-state index in [-0.39, 0.29) is 8.80 Å². The quantitative estimate of drug-likeness (QED) is 0.631. The highest BCUT2D eigenvalue weighted by atomic mass is 28.5. The smallest absolute Gasteiger partial charge is 0.0423 e. The predicted octanol–water partition coefficient (Wildman–Crippen LogP) is 5.11. The lowest BCUT2D eigenvalue weighted by molar-refractivity contribution is 1.20. The molecule has 0 heterocycles. The molecule has 0 nitrogen and oxygen atoms in total. The van der Waals surface area contributed by atoms with Crippen LogP contribution < -0.4 is 0 Å². The summed E-state index contributed by atoms with van der Waals surface area (Å²) in [6, 6.07) is 0. The van der Waals surface area contributed by atoms with Gasteiger partial charge in [-0.1, -0.05) is 72.0 Å². The summed E-state index contributed by atoms with van der Waals surface area (Å²) in [5, 5.41) is 0. The Morgan fingerprint density at radius 3 is 0.750 bits per heavy atom. The van der Waals surface area contributed by atoms with Crippen molar-refractivity contribution < 1.29 is 0 Å². The zero-order valence-corrected chi connectivity index (χ0v) is 17.5. The van der Waals surface area contributed by atoms with Gasteiger partial charge in [0.1, 0.15) is 0 Å². The Balaban J connectivity index is 6.05. The average molecular weight is 290 g/mol. The molecule has 1 radical (unpaired) electrons. The maximum Gasteiger partial charge on any atom is 0.0423 e. The van der Waals surface area contributed by atoms with Crippen LogP contribution in [-0.4, -0.2) is 33.0 Å². The summed E-state index contributed by atoms with van der Waals surface area (Å²) in [6.07, 6.45) is 0. The normalized spacial score (nSPS) is 15.8. The lowest BCUT2D eigenvalue weighted by Gasteiger charge is -2.61. The third kappa shape index (κ3) is 2.49. The van der Waals surface area contributed by atoms with Crippen LogP contribution in [0.4, 0.5) is 0 Å². The molecule has 0 saturated carbocycles. The molecule has 0 aromatic carbocycles. The zero-order valence-electron chi connectivity index (χ0n) is 13.5. The van der Waals surface area contributed by atoms with Gasteiger partial charge < -0.3 is 0 Å². The predicted molar refractivity (Wildman–Crippen MR) is 90.2 cm³/mol. The van der Waals surface area contributed by atoms with Gasteiger partial charge in [-0.2, -0.15) is 0 Å². The molecule has 0 bridgehead atoms. The van der Waals surface area contributed by atoms with E-state index in [1.165, 1.54) is 0 Å². The van der Waals surface area contributed by atoms with E-state index in [1.54, 1.807) is 0 Å². The van der Waals surface area contributed by atoms with E-state index in [0.717, 1.165) is 3.91 Å². The minimum absolute atomic E-state index is 0.219. The molecule has 0 amide bonds. The maximum absolute atomic E-state index is 2.64.